The van der Waals surface area contributed by atoms with Crippen molar-refractivity contribution in [2.75, 3.05) is 25.5 Å². The first kappa shape index (κ1) is 18.9. The standard InChI is InChI=1S/C20H22ClNO3S/c21-17-12-15(13-18-20(17)25-10-5-9-24-18)14-19(23)22-8-4-11-26-16-6-2-1-3-7-16/h1-3,6-7,12-13H,4-5,8-11,14H2,(H,22,23). The molecule has 0 spiro atoms. The third kappa shape index (κ3) is 5.58. The van der Waals surface area contributed by atoms with Crippen LogP contribution >= 0.6 is 23.4 Å². The van der Waals surface area contributed by atoms with Crippen molar-refractivity contribution in [1.82, 2.24) is 5.32 Å². The number of thioether (sulfide) groups is 1. The molecule has 0 unspecified atom stereocenters. The van der Waals surface area contributed by atoms with Gasteiger partial charge in [-0.2, -0.15) is 0 Å². The van der Waals surface area contributed by atoms with E-state index in [1.807, 2.05) is 24.3 Å². The van der Waals surface area contributed by atoms with Crippen molar-refractivity contribution in [1.29, 1.82) is 0 Å². The van der Waals surface area contributed by atoms with Crippen LogP contribution in [-0.2, 0) is 11.2 Å². The van der Waals surface area contributed by atoms with E-state index < -0.39 is 0 Å². The maximum atomic E-state index is 12.2. The van der Waals surface area contributed by atoms with Crippen molar-refractivity contribution in [3.63, 3.8) is 0 Å². The van der Waals surface area contributed by atoms with Gasteiger partial charge in [-0.05, 0) is 42.0 Å². The Morgan fingerprint density at radius 1 is 1.15 bits per heavy atom. The van der Waals surface area contributed by atoms with Crippen LogP contribution in [0.5, 0.6) is 11.5 Å². The minimum atomic E-state index is -0.0136. The second kappa shape index (κ2) is 9.74. The number of rotatable bonds is 7. The molecule has 26 heavy (non-hydrogen) atoms. The fourth-order valence-electron chi connectivity index (χ4n) is 2.64. The zero-order valence-corrected chi connectivity index (χ0v) is 16.1. The predicted molar refractivity (Wildman–Crippen MR) is 106 cm³/mol. The maximum absolute atomic E-state index is 12.2. The minimum Gasteiger partial charge on any atom is -0.489 e. The molecule has 1 heterocycles. The maximum Gasteiger partial charge on any atom is 0.224 e. The van der Waals surface area contributed by atoms with Crippen molar-refractivity contribution in [2.45, 2.75) is 24.2 Å². The van der Waals surface area contributed by atoms with Crippen molar-refractivity contribution < 1.29 is 14.3 Å². The van der Waals surface area contributed by atoms with Gasteiger partial charge in [0.2, 0.25) is 5.91 Å². The van der Waals surface area contributed by atoms with E-state index in [1.165, 1.54) is 4.90 Å². The molecule has 1 aliphatic rings. The molecule has 1 amide bonds. The lowest BCUT2D eigenvalue weighted by molar-refractivity contribution is -0.120. The number of carbonyl (C=O) groups excluding carboxylic acids is 1. The highest BCUT2D eigenvalue weighted by molar-refractivity contribution is 7.99. The number of ether oxygens (including phenoxy) is 2. The number of carbonyl (C=O) groups is 1. The average molecular weight is 392 g/mol. The number of nitrogens with one attached hydrogen (secondary N) is 1. The predicted octanol–water partition coefficient (Wildman–Crippen LogP) is 4.34. The summed E-state index contributed by atoms with van der Waals surface area (Å²) < 4.78 is 11.3. The van der Waals surface area contributed by atoms with Gasteiger partial charge in [-0.15, -0.1) is 11.8 Å². The zero-order valence-electron chi connectivity index (χ0n) is 14.5. The molecule has 0 aliphatic carbocycles. The molecule has 4 nitrogen and oxygen atoms in total. The van der Waals surface area contributed by atoms with Gasteiger partial charge in [0.05, 0.1) is 24.7 Å². The summed E-state index contributed by atoms with van der Waals surface area (Å²) in [5.41, 5.74) is 0.829. The highest BCUT2D eigenvalue weighted by Gasteiger charge is 2.16. The molecule has 3 rings (SSSR count). The van der Waals surface area contributed by atoms with Crippen molar-refractivity contribution in [3.8, 4) is 11.5 Å². The summed E-state index contributed by atoms with van der Waals surface area (Å²) in [4.78, 5) is 13.4. The number of halogens is 1. The molecule has 0 saturated carbocycles. The van der Waals surface area contributed by atoms with Crippen LogP contribution in [0.2, 0.25) is 5.02 Å². The Bertz CT molecular complexity index is 739. The summed E-state index contributed by atoms with van der Waals surface area (Å²) in [6, 6.07) is 13.9. The third-order valence-corrected chi connectivity index (χ3v) is 5.26. The Balaban J connectivity index is 1.43. The monoisotopic (exact) mass is 391 g/mol. The van der Waals surface area contributed by atoms with Gasteiger partial charge in [0.15, 0.2) is 11.5 Å². The molecule has 1 aliphatic heterocycles. The van der Waals surface area contributed by atoms with Gasteiger partial charge in [0.1, 0.15) is 0 Å². The van der Waals surface area contributed by atoms with E-state index >= 15 is 0 Å². The summed E-state index contributed by atoms with van der Waals surface area (Å²) in [6.07, 6.45) is 2.03. The van der Waals surface area contributed by atoms with Gasteiger partial charge in [0, 0.05) is 17.9 Å². The van der Waals surface area contributed by atoms with Crippen LogP contribution in [0.25, 0.3) is 0 Å². The second-order valence-corrected chi connectivity index (χ2v) is 7.57. The quantitative estimate of drug-likeness (QED) is 0.563. The van der Waals surface area contributed by atoms with E-state index in [4.69, 9.17) is 21.1 Å². The number of benzene rings is 2. The van der Waals surface area contributed by atoms with Crippen LogP contribution in [0.1, 0.15) is 18.4 Å². The topological polar surface area (TPSA) is 47.6 Å². The van der Waals surface area contributed by atoms with Gasteiger partial charge in [-0.3, -0.25) is 4.79 Å². The first-order valence-corrected chi connectivity index (χ1v) is 10.1. The van der Waals surface area contributed by atoms with E-state index in [2.05, 4.69) is 17.4 Å². The zero-order chi connectivity index (χ0) is 18.2. The molecule has 0 atom stereocenters. The second-order valence-electron chi connectivity index (χ2n) is 6.00. The fraction of sp³-hybridized carbons (Fsp3) is 0.350. The molecule has 2 aromatic rings. The molecule has 0 fully saturated rings. The molecule has 0 radical (unpaired) electrons. The highest BCUT2D eigenvalue weighted by atomic mass is 35.5. The SMILES string of the molecule is O=C(Cc1cc(Cl)c2c(c1)OCCCO2)NCCCSc1ccccc1. The van der Waals surface area contributed by atoms with Gasteiger partial charge < -0.3 is 14.8 Å². The molecular formula is C20H22ClNO3S. The van der Waals surface area contributed by atoms with Crippen LogP contribution in [-0.4, -0.2) is 31.4 Å². The summed E-state index contributed by atoms with van der Waals surface area (Å²) in [7, 11) is 0. The smallest absolute Gasteiger partial charge is 0.224 e. The fourth-order valence-corrected chi connectivity index (χ4v) is 3.80. The summed E-state index contributed by atoms with van der Waals surface area (Å²) in [5, 5.41) is 3.45. The van der Waals surface area contributed by atoms with Crippen LogP contribution in [0, 0.1) is 0 Å². The first-order chi connectivity index (χ1) is 12.7. The van der Waals surface area contributed by atoms with Crippen molar-refractivity contribution in [3.05, 3.63) is 53.1 Å². The molecule has 1 N–H and O–H groups in total. The van der Waals surface area contributed by atoms with E-state index in [9.17, 15) is 4.79 Å². The number of hydrogen-bond acceptors (Lipinski definition) is 4. The first-order valence-electron chi connectivity index (χ1n) is 8.75. The van der Waals surface area contributed by atoms with Crippen LogP contribution in [0.15, 0.2) is 47.4 Å². The molecule has 2 aromatic carbocycles. The summed E-state index contributed by atoms with van der Waals surface area (Å²) >= 11 is 8.06. The molecule has 6 heteroatoms. The lowest BCUT2D eigenvalue weighted by atomic mass is 10.1. The third-order valence-electron chi connectivity index (χ3n) is 3.88. The number of amides is 1. The molecule has 0 aromatic heterocycles. The van der Waals surface area contributed by atoms with Gasteiger partial charge in [-0.25, -0.2) is 0 Å². The molecule has 0 bridgehead atoms. The van der Waals surface area contributed by atoms with Crippen LogP contribution < -0.4 is 14.8 Å². The minimum absolute atomic E-state index is 0.0136. The highest BCUT2D eigenvalue weighted by Crippen LogP contribution is 2.38. The van der Waals surface area contributed by atoms with Crippen molar-refractivity contribution >= 4 is 29.3 Å². The van der Waals surface area contributed by atoms with Gasteiger partial charge in [0.25, 0.3) is 0 Å². The van der Waals surface area contributed by atoms with Crippen LogP contribution in [0.4, 0.5) is 0 Å². The number of fused-ring (bicyclic) bond motifs is 1. The largest absolute Gasteiger partial charge is 0.489 e. The Morgan fingerprint density at radius 2 is 1.96 bits per heavy atom. The van der Waals surface area contributed by atoms with Gasteiger partial charge in [-0.1, -0.05) is 29.8 Å². The molecule has 138 valence electrons. The Kier molecular flexibility index (Phi) is 7.09. The summed E-state index contributed by atoms with van der Waals surface area (Å²) in [5.74, 6) is 2.16. The average Bonchev–Trinajstić information content (AvgIpc) is 2.88. The van der Waals surface area contributed by atoms with Crippen LogP contribution in [0.3, 0.4) is 0 Å². The lowest BCUT2D eigenvalue weighted by Crippen LogP contribution is -2.26. The Morgan fingerprint density at radius 3 is 2.81 bits per heavy atom. The van der Waals surface area contributed by atoms with Crippen molar-refractivity contribution in [2.24, 2.45) is 0 Å². The normalized spacial score (nSPS) is 13.1. The van der Waals surface area contributed by atoms with E-state index in [-0.39, 0.29) is 12.3 Å². The van der Waals surface area contributed by atoms with E-state index in [0.717, 1.165) is 24.2 Å². The lowest BCUT2D eigenvalue weighted by Gasteiger charge is -2.11. The molecular weight excluding hydrogens is 370 g/mol. The Hall–Kier alpha value is -1.85. The number of hydrogen-bond donors (Lipinski definition) is 1. The summed E-state index contributed by atoms with van der Waals surface area (Å²) in [6.45, 7) is 1.85. The van der Waals surface area contributed by atoms with E-state index in [1.54, 1.807) is 17.8 Å². The van der Waals surface area contributed by atoms with E-state index in [0.29, 0.717) is 36.3 Å². The molecule has 0 saturated heterocycles. The van der Waals surface area contributed by atoms with Gasteiger partial charge >= 0.3 is 0 Å². The Labute approximate surface area is 163 Å².